The van der Waals surface area contributed by atoms with Gasteiger partial charge in [0.15, 0.2) is 6.10 Å². The number of benzene rings is 2. The van der Waals surface area contributed by atoms with Crippen LogP contribution in [0.5, 0.6) is 5.75 Å². The average molecular weight is 381 g/mol. The molecule has 0 heterocycles. The summed E-state index contributed by atoms with van der Waals surface area (Å²) in [5.74, 6) is -0.0144. The Bertz CT molecular complexity index is 801. The van der Waals surface area contributed by atoms with E-state index in [2.05, 4.69) is 12.2 Å². The molecule has 0 aliphatic carbocycles. The summed E-state index contributed by atoms with van der Waals surface area (Å²) in [5.41, 5.74) is 1.93. The fourth-order valence-corrected chi connectivity index (χ4v) is 2.82. The van der Waals surface area contributed by atoms with Crippen molar-refractivity contribution in [2.75, 3.05) is 13.7 Å². The fraction of sp³-hybridized carbons (Fsp3) is 0.304. The lowest BCUT2D eigenvalue weighted by atomic mass is 9.96. The van der Waals surface area contributed by atoms with Gasteiger partial charge in [0.05, 0.1) is 7.11 Å². The number of rotatable bonds is 9. The second-order valence-corrected chi connectivity index (χ2v) is 6.42. The molecule has 0 spiro atoms. The van der Waals surface area contributed by atoms with Crippen molar-refractivity contribution in [3.8, 4) is 5.75 Å². The lowest BCUT2D eigenvalue weighted by Gasteiger charge is -2.18. The van der Waals surface area contributed by atoms with E-state index in [1.807, 2.05) is 48.5 Å². The van der Waals surface area contributed by atoms with Gasteiger partial charge in [0.2, 0.25) is 0 Å². The third-order valence-corrected chi connectivity index (χ3v) is 4.49. The molecule has 0 aliphatic heterocycles. The predicted octanol–water partition coefficient (Wildman–Crippen LogP) is 3.95. The molecule has 0 saturated carbocycles. The van der Waals surface area contributed by atoms with Gasteiger partial charge in [-0.05, 0) is 31.1 Å². The van der Waals surface area contributed by atoms with Gasteiger partial charge in [-0.25, -0.2) is 4.79 Å². The summed E-state index contributed by atoms with van der Waals surface area (Å²) >= 11 is 0. The van der Waals surface area contributed by atoms with Gasteiger partial charge in [-0.15, -0.1) is 0 Å². The van der Waals surface area contributed by atoms with Crippen molar-refractivity contribution >= 4 is 18.0 Å². The lowest BCUT2D eigenvalue weighted by Crippen LogP contribution is -2.37. The Morgan fingerprint density at radius 3 is 2.43 bits per heavy atom. The number of ether oxygens (including phenoxy) is 2. The molecule has 2 aromatic rings. The first-order chi connectivity index (χ1) is 13.5. The molecule has 2 aromatic carbocycles. The van der Waals surface area contributed by atoms with Gasteiger partial charge in [0, 0.05) is 24.1 Å². The SMILES string of the molecule is CC[C@H](CNC(=O)[C@H](C)OC(=O)/C=C/c1ccccc1OC)c1ccccc1. The first-order valence-electron chi connectivity index (χ1n) is 9.39. The molecule has 2 atom stereocenters. The van der Waals surface area contributed by atoms with Crippen LogP contribution in [0.4, 0.5) is 0 Å². The molecule has 2 rings (SSSR count). The number of methoxy groups -OCH3 is 1. The molecule has 0 unspecified atom stereocenters. The molecule has 0 bridgehead atoms. The fourth-order valence-electron chi connectivity index (χ4n) is 2.82. The number of hydrogen-bond acceptors (Lipinski definition) is 4. The number of amides is 1. The largest absolute Gasteiger partial charge is 0.496 e. The summed E-state index contributed by atoms with van der Waals surface area (Å²) in [6, 6.07) is 17.4. The highest BCUT2D eigenvalue weighted by atomic mass is 16.5. The van der Waals surface area contributed by atoms with Crippen LogP contribution < -0.4 is 10.1 Å². The van der Waals surface area contributed by atoms with Crippen LogP contribution in [0.2, 0.25) is 0 Å². The number of esters is 1. The first-order valence-corrected chi connectivity index (χ1v) is 9.39. The molecule has 1 amide bonds. The molecule has 0 radical (unpaired) electrons. The van der Waals surface area contributed by atoms with Gasteiger partial charge in [0.1, 0.15) is 5.75 Å². The zero-order valence-electron chi connectivity index (χ0n) is 16.6. The topological polar surface area (TPSA) is 64.6 Å². The highest BCUT2D eigenvalue weighted by Crippen LogP contribution is 2.19. The zero-order valence-corrected chi connectivity index (χ0v) is 16.6. The average Bonchev–Trinajstić information content (AvgIpc) is 2.73. The summed E-state index contributed by atoms with van der Waals surface area (Å²) in [7, 11) is 1.57. The minimum Gasteiger partial charge on any atom is -0.496 e. The van der Waals surface area contributed by atoms with E-state index in [1.54, 1.807) is 26.2 Å². The molecular formula is C23H27NO4. The van der Waals surface area contributed by atoms with E-state index >= 15 is 0 Å². The van der Waals surface area contributed by atoms with E-state index in [0.29, 0.717) is 12.3 Å². The number of carbonyl (C=O) groups excluding carboxylic acids is 2. The minimum atomic E-state index is -0.872. The maximum absolute atomic E-state index is 12.3. The molecule has 5 heteroatoms. The molecule has 28 heavy (non-hydrogen) atoms. The third-order valence-electron chi connectivity index (χ3n) is 4.49. The van der Waals surface area contributed by atoms with Crippen LogP contribution in [-0.2, 0) is 14.3 Å². The zero-order chi connectivity index (χ0) is 20.4. The van der Waals surface area contributed by atoms with E-state index in [-0.39, 0.29) is 11.8 Å². The van der Waals surface area contributed by atoms with Crippen molar-refractivity contribution in [3.63, 3.8) is 0 Å². The summed E-state index contributed by atoms with van der Waals surface area (Å²) in [4.78, 5) is 24.3. The lowest BCUT2D eigenvalue weighted by molar-refractivity contribution is -0.150. The third kappa shape index (κ3) is 6.27. The monoisotopic (exact) mass is 381 g/mol. The Balaban J connectivity index is 1.85. The Labute approximate surface area is 166 Å². The quantitative estimate of drug-likeness (QED) is 0.528. The second kappa shape index (κ2) is 10.9. The Morgan fingerprint density at radius 1 is 1.07 bits per heavy atom. The maximum Gasteiger partial charge on any atom is 0.331 e. The van der Waals surface area contributed by atoms with Crippen molar-refractivity contribution in [2.45, 2.75) is 32.3 Å². The van der Waals surface area contributed by atoms with E-state index in [0.717, 1.165) is 12.0 Å². The molecule has 0 aromatic heterocycles. The van der Waals surface area contributed by atoms with E-state index in [1.165, 1.54) is 11.6 Å². The molecule has 5 nitrogen and oxygen atoms in total. The number of carbonyl (C=O) groups is 2. The highest BCUT2D eigenvalue weighted by Gasteiger charge is 2.18. The summed E-state index contributed by atoms with van der Waals surface area (Å²) in [6.45, 7) is 4.14. The van der Waals surface area contributed by atoms with Crippen LogP contribution in [0.25, 0.3) is 6.08 Å². The summed E-state index contributed by atoms with van der Waals surface area (Å²) < 4.78 is 10.4. The van der Waals surface area contributed by atoms with Gasteiger partial charge in [0.25, 0.3) is 5.91 Å². The van der Waals surface area contributed by atoms with Gasteiger partial charge in [-0.3, -0.25) is 4.79 Å². The Kier molecular flexibility index (Phi) is 8.28. The smallest absolute Gasteiger partial charge is 0.331 e. The van der Waals surface area contributed by atoms with E-state index < -0.39 is 12.1 Å². The van der Waals surface area contributed by atoms with Crippen LogP contribution in [-0.4, -0.2) is 31.6 Å². The first kappa shape index (κ1) is 21.2. The van der Waals surface area contributed by atoms with Crippen LogP contribution >= 0.6 is 0 Å². The summed E-state index contributed by atoms with van der Waals surface area (Å²) in [5, 5.41) is 2.87. The van der Waals surface area contributed by atoms with Crippen molar-refractivity contribution in [3.05, 3.63) is 71.8 Å². The molecule has 0 aliphatic rings. The van der Waals surface area contributed by atoms with Crippen LogP contribution in [0.15, 0.2) is 60.7 Å². The molecule has 1 N–H and O–H groups in total. The summed E-state index contributed by atoms with van der Waals surface area (Å²) in [6.07, 6.45) is 2.93. The number of para-hydroxylation sites is 1. The van der Waals surface area contributed by atoms with Crippen LogP contribution in [0.3, 0.4) is 0 Å². The van der Waals surface area contributed by atoms with Crippen molar-refractivity contribution < 1.29 is 19.1 Å². The normalized spacial score (nSPS) is 13.0. The van der Waals surface area contributed by atoms with Crippen molar-refractivity contribution in [2.24, 2.45) is 0 Å². The van der Waals surface area contributed by atoms with Crippen molar-refractivity contribution in [1.82, 2.24) is 5.32 Å². The number of nitrogens with one attached hydrogen (secondary N) is 1. The van der Waals surface area contributed by atoms with Crippen LogP contribution in [0.1, 0.15) is 37.3 Å². The van der Waals surface area contributed by atoms with Gasteiger partial charge < -0.3 is 14.8 Å². The van der Waals surface area contributed by atoms with E-state index in [4.69, 9.17) is 9.47 Å². The molecular weight excluding hydrogens is 354 g/mol. The predicted molar refractivity (Wildman–Crippen MR) is 110 cm³/mol. The Morgan fingerprint density at radius 2 is 1.75 bits per heavy atom. The molecule has 0 saturated heterocycles. The van der Waals surface area contributed by atoms with Gasteiger partial charge in [-0.2, -0.15) is 0 Å². The maximum atomic E-state index is 12.3. The van der Waals surface area contributed by atoms with Crippen molar-refractivity contribution in [1.29, 1.82) is 0 Å². The Hall–Kier alpha value is -3.08. The highest BCUT2D eigenvalue weighted by molar-refractivity contribution is 5.90. The van der Waals surface area contributed by atoms with Crippen LogP contribution in [0, 0.1) is 0 Å². The van der Waals surface area contributed by atoms with E-state index in [9.17, 15) is 9.59 Å². The molecule has 148 valence electrons. The van der Waals surface area contributed by atoms with Gasteiger partial charge >= 0.3 is 5.97 Å². The number of hydrogen-bond donors (Lipinski definition) is 1. The molecule has 0 fully saturated rings. The standard InChI is InChI=1S/C23H27NO4/c1-4-18(19-10-6-5-7-11-19)16-24-23(26)17(2)28-22(25)15-14-20-12-8-9-13-21(20)27-3/h5-15,17-18H,4,16H2,1-3H3,(H,24,26)/b15-14+/t17-,18+/m0/s1. The van der Waals surface area contributed by atoms with Gasteiger partial charge in [-0.1, -0.05) is 55.5 Å². The second-order valence-electron chi connectivity index (χ2n) is 6.42. The minimum absolute atomic E-state index is 0.221.